The van der Waals surface area contributed by atoms with E-state index in [1.807, 2.05) is 37.3 Å². The standard InChI is InChI=1S/C31H32F3N3O/c1-21-6-5-7-24(16-21)23-10-12-37(13-11-23)14-15-38-27-19-25(31(32,33)34)18-26(20-27)36-30-17-22(2)35-29-9-4-3-8-28(29)30/h3-9,16-20,23H,10-15H2,1-2H3,(H,35,36). The highest BCUT2D eigenvalue weighted by Crippen LogP contribution is 2.36. The van der Waals surface area contributed by atoms with Crippen molar-refractivity contribution < 1.29 is 17.9 Å². The zero-order chi connectivity index (χ0) is 26.7. The van der Waals surface area contributed by atoms with Gasteiger partial charge in [-0.2, -0.15) is 13.2 Å². The quantitative estimate of drug-likeness (QED) is 0.270. The SMILES string of the molecule is Cc1cccc(C2CCN(CCOc3cc(Nc4cc(C)nc5ccccc45)cc(C(F)(F)F)c3)CC2)c1. The number of alkyl halides is 3. The van der Waals surface area contributed by atoms with E-state index >= 15 is 0 Å². The van der Waals surface area contributed by atoms with E-state index in [4.69, 9.17) is 4.74 Å². The molecule has 0 amide bonds. The minimum atomic E-state index is -4.48. The Bertz CT molecular complexity index is 1410. The van der Waals surface area contributed by atoms with Gasteiger partial charge in [0, 0.05) is 35.1 Å². The van der Waals surface area contributed by atoms with E-state index in [2.05, 4.69) is 46.4 Å². The van der Waals surface area contributed by atoms with Crippen LogP contribution in [0.1, 0.15) is 41.1 Å². The maximum absolute atomic E-state index is 13.7. The molecule has 7 heteroatoms. The number of rotatable bonds is 7. The van der Waals surface area contributed by atoms with Crippen LogP contribution in [0.3, 0.4) is 0 Å². The first-order valence-corrected chi connectivity index (χ1v) is 13.0. The van der Waals surface area contributed by atoms with Crippen LogP contribution in [0, 0.1) is 13.8 Å². The monoisotopic (exact) mass is 519 g/mol. The topological polar surface area (TPSA) is 37.4 Å². The number of likely N-dealkylation sites (tertiary alicyclic amines) is 1. The third kappa shape index (κ3) is 6.27. The lowest BCUT2D eigenvalue weighted by molar-refractivity contribution is -0.137. The summed E-state index contributed by atoms with van der Waals surface area (Å²) in [5.74, 6) is 0.754. The summed E-state index contributed by atoms with van der Waals surface area (Å²) in [7, 11) is 0. The van der Waals surface area contributed by atoms with Crippen LogP contribution in [0.15, 0.2) is 72.8 Å². The molecule has 198 valence electrons. The molecular formula is C31H32F3N3O. The number of fused-ring (bicyclic) bond motifs is 1. The summed E-state index contributed by atoms with van der Waals surface area (Å²) < 4.78 is 47.0. The molecule has 0 aliphatic carbocycles. The number of piperidine rings is 1. The van der Waals surface area contributed by atoms with Gasteiger partial charge in [-0.05, 0) is 75.5 Å². The molecule has 1 N–H and O–H groups in total. The van der Waals surface area contributed by atoms with E-state index < -0.39 is 11.7 Å². The second-order valence-electron chi connectivity index (χ2n) is 10.1. The number of benzene rings is 3. The first-order chi connectivity index (χ1) is 18.2. The number of nitrogens with one attached hydrogen (secondary N) is 1. The van der Waals surface area contributed by atoms with E-state index in [1.54, 1.807) is 6.07 Å². The summed E-state index contributed by atoms with van der Waals surface area (Å²) in [5.41, 5.74) is 4.51. The fraction of sp³-hybridized carbons (Fsp3) is 0.323. The summed E-state index contributed by atoms with van der Waals surface area (Å²) in [6.07, 6.45) is -2.34. The Morgan fingerprint density at radius 1 is 0.947 bits per heavy atom. The summed E-state index contributed by atoms with van der Waals surface area (Å²) in [4.78, 5) is 6.84. The number of hydrogen-bond acceptors (Lipinski definition) is 4. The van der Waals surface area contributed by atoms with Crippen molar-refractivity contribution in [1.82, 2.24) is 9.88 Å². The van der Waals surface area contributed by atoms with Crippen LogP contribution >= 0.6 is 0 Å². The number of pyridine rings is 1. The fourth-order valence-electron chi connectivity index (χ4n) is 5.19. The molecule has 0 spiro atoms. The Labute approximate surface area is 221 Å². The number of ether oxygens (including phenoxy) is 1. The minimum absolute atomic E-state index is 0.201. The lowest BCUT2D eigenvalue weighted by Gasteiger charge is -2.32. The third-order valence-corrected chi connectivity index (χ3v) is 7.13. The van der Waals surface area contributed by atoms with Gasteiger partial charge >= 0.3 is 6.18 Å². The van der Waals surface area contributed by atoms with Gasteiger partial charge in [0.2, 0.25) is 0 Å². The Balaban J connectivity index is 1.25. The maximum atomic E-state index is 13.7. The Kier molecular flexibility index (Phi) is 7.56. The van der Waals surface area contributed by atoms with Crippen molar-refractivity contribution in [2.75, 3.05) is 31.6 Å². The highest BCUT2D eigenvalue weighted by atomic mass is 19.4. The smallest absolute Gasteiger partial charge is 0.416 e. The highest BCUT2D eigenvalue weighted by Gasteiger charge is 2.31. The van der Waals surface area contributed by atoms with Crippen LogP contribution in [-0.2, 0) is 6.18 Å². The predicted octanol–water partition coefficient (Wildman–Crippen LogP) is 7.87. The van der Waals surface area contributed by atoms with Crippen molar-refractivity contribution in [2.24, 2.45) is 0 Å². The van der Waals surface area contributed by atoms with Gasteiger partial charge in [0.05, 0.1) is 11.1 Å². The van der Waals surface area contributed by atoms with Crippen molar-refractivity contribution >= 4 is 22.3 Å². The molecule has 0 unspecified atom stereocenters. The zero-order valence-corrected chi connectivity index (χ0v) is 21.7. The molecular weight excluding hydrogens is 487 g/mol. The van der Waals surface area contributed by atoms with Crippen molar-refractivity contribution in [3.8, 4) is 5.75 Å². The Morgan fingerprint density at radius 2 is 1.74 bits per heavy atom. The number of hydrogen-bond donors (Lipinski definition) is 1. The molecule has 0 bridgehead atoms. The van der Waals surface area contributed by atoms with Crippen molar-refractivity contribution in [3.63, 3.8) is 0 Å². The molecule has 1 saturated heterocycles. The minimum Gasteiger partial charge on any atom is -0.492 e. The molecule has 1 aliphatic heterocycles. The largest absolute Gasteiger partial charge is 0.492 e. The number of aryl methyl sites for hydroxylation is 2. The van der Waals surface area contributed by atoms with Gasteiger partial charge in [-0.3, -0.25) is 9.88 Å². The summed E-state index contributed by atoms with van der Waals surface area (Å²) >= 11 is 0. The average Bonchev–Trinajstić information content (AvgIpc) is 2.88. The highest BCUT2D eigenvalue weighted by molar-refractivity contribution is 5.93. The van der Waals surface area contributed by atoms with E-state index in [-0.39, 0.29) is 5.75 Å². The van der Waals surface area contributed by atoms with Gasteiger partial charge in [-0.25, -0.2) is 0 Å². The van der Waals surface area contributed by atoms with Crippen molar-refractivity contribution in [1.29, 1.82) is 0 Å². The van der Waals surface area contributed by atoms with Crippen molar-refractivity contribution in [2.45, 2.75) is 38.8 Å². The van der Waals surface area contributed by atoms with E-state index in [0.29, 0.717) is 30.4 Å². The first-order valence-electron chi connectivity index (χ1n) is 13.0. The summed E-state index contributed by atoms with van der Waals surface area (Å²) in [6.45, 7) is 6.88. The number of halogens is 3. The number of para-hydroxylation sites is 1. The van der Waals surface area contributed by atoms with E-state index in [1.165, 1.54) is 11.1 Å². The first kappa shape index (κ1) is 26.0. The van der Waals surface area contributed by atoms with Gasteiger partial charge in [0.1, 0.15) is 12.4 Å². The summed E-state index contributed by atoms with van der Waals surface area (Å²) in [6, 6.07) is 21.9. The Morgan fingerprint density at radius 3 is 2.50 bits per heavy atom. The van der Waals surface area contributed by atoms with Crippen LogP contribution in [0.4, 0.5) is 24.5 Å². The van der Waals surface area contributed by atoms with Crippen LogP contribution in [-0.4, -0.2) is 36.1 Å². The lowest BCUT2D eigenvalue weighted by Crippen LogP contribution is -2.35. The zero-order valence-electron chi connectivity index (χ0n) is 21.7. The molecule has 1 aliphatic rings. The van der Waals surface area contributed by atoms with Crippen LogP contribution in [0.5, 0.6) is 5.75 Å². The fourth-order valence-corrected chi connectivity index (χ4v) is 5.19. The molecule has 2 heterocycles. The molecule has 1 aromatic heterocycles. The molecule has 38 heavy (non-hydrogen) atoms. The van der Waals surface area contributed by atoms with Gasteiger partial charge in [-0.1, -0.05) is 48.0 Å². The molecule has 0 saturated carbocycles. The average molecular weight is 520 g/mol. The molecule has 0 radical (unpaired) electrons. The summed E-state index contributed by atoms with van der Waals surface area (Å²) in [5, 5.41) is 4.01. The molecule has 0 atom stereocenters. The molecule has 4 nitrogen and oxygen atoms in total. The number of aromatic nitrogens is 1. The second-order valence-corrected chi connectivity index (χ2v) is 10.1. The molecule has 3 aromatic carbocycles. The maximum Gasteiger partial charge on any atom is 0.416 e. The normalized spacial score (nSPS) is 15.1. The number of nitrogens with zero attached hydrogens (tertiary/aromatic N) is 2. The van der Waals surface area contributed by atoms with Crippen LogP contribution < -0.4 is 10.1 Å². The second kappa shape index (κ2) is 11.0. The van der Waals surface area contributed by atoms with Gasteiger partial charge in [-0.15, -0.1) is 0 Å². The lowest BCUT2D eigenvalue weighted by atomic mass is 9.89. The molecule has 1 fully saturated rings. The third-order valence-electron chi connectivity index (χ3n) is 7.13. The van der Waals surface area contributed by atoms with Crippen LogP contribution in [0.2, 0.25) is 0 Å². The Hall–Kier alpha value is -3.58. The number of anilines is 2. The van der Waals surface area contributed by atoms with Gasteiger partial charge in [0.15, 0.2) is 0 Å². The van der Waals surface area contributed by atoms with Gasteiger partial charge < -0.3 is 10.1 Å². The van der Waals surface area contributed by atoms with E-state index in [0.717, 1.165) is 54.7 Å². The molecule has 5 rings (SSSR count). The molecule has 4 aromatic rings. The predicted molar refractivity (Wildman–Crippen MR) is 146 cm³/mol. The van der Waals surface area contributed by atoms with Gasteiger partial charge in [0.25, 0.3) is 0 Å². The van der Waals surface area contributed by atoms with Crippen molar-refractivity contribution in [3.05, 3.63) is 95.2 Å². The van der Waals surface area contributed by atoms with E-state index in [9.17, 15) is 13.2 Å². The van der Waals surface area contributed by atoms with Crippen LogP contribution in [0.25, 0.3) is 10.9 Å².